The van der Waals surface area contributed by atoms with Gasteiger partial charge in [0.25, 0.3) is 5.78 Å². The van der Waals surface area contributed by atoms with Crippen LogP contribution in [0.4, 0.5) is 5.95 Å². The summed E-state index contributed by atoms with van der Waals surface area (Å²) in [4.78, 5) is 8.62. The molecule has 3 rings (SSSR count). The van der Waals surface area contributed by atoms with Crippen molar-refractivity contribution in [1.82, 2.24) is 19.6 Å². The summed E-state index contributed by atoms with van der Waals surface area (Å²) in [5.74, 6) is 1.41. The van der Waals surface area contributed by atoms with Crippen LogP contribution in [-0.2, 0) is 0 Å². The average Bonchev–Trinajstić information content (AvgIpc) is 2.73. The predicted molar refractivity (Wildman–Crippen MR) is 54.4 cm³/mol. The zero-order valence-electron chi connectivity index (χ0n) is 7.65. The summed E-state index contributed by atoms with van der Waals surface area (Å²) in [5, 5.41) is 6.04. The summed E-state index contributed by atoms with van der Waals surface area (Å²) in [6.07, 6.45) is 0. The Labute approximate surface area is 79.8 Å². The number of para-hydroxylation sites is 2. The Kier molecular flexibility index (Phi) is 1.30. The summed E-state index contributed by atoms with van der Waals surface area (Å²) in [5.41, 5.74) is 1.99. The van der Waals surface area contributed by atoms with Crippen LogP contribution >= 0.6 is 0 Å². The number of hydrogen-bond donors (Lipinski definition) is 2. The molecule has 70 valence electrons. The minimum absolute atomic E-state index is 0.690. The molecule has 0 saturated heterocycles. The molecule has 0 aliphatic rings. The van der Waals surface area contributed by atoms with Crippen LogP contribution in [0.25, 0.3) is 16.8 Å². The van der Waals surface area contributed by atoms with E-state index in [4.69, 9.17) is 0 Å². The van der Waals surface area contributed by atoms with Gasteiger partial charge < -0.3 is 5.32 Å². The molecule has 0 spiro atoms. The summed E-state index contributed by atoms with van der Waals surface area (Å²) >= 11 is 0. The van der Waals surface area contributed by atoms with E-state index in [1.54, 1.807) is 0 Å². The van der Waals surface area contributed by atoms with Crippen LogP contribution in [0, 0.1) is 0 Å². The molecule has 0 saturated carbocycles. The Morgan fingerprint density at radius 2 is 2.14 bits per heavy atom. The summed E-state index contributed by atoms with van der Waals surface area (Å²) in [7, 11) is 1.82. The standard InChI is InChI=1S/C9H9N5/c1-10-8-12-9-11-6-4-2-3-5-7(6)14(9)13-8/h2-5H,1H3,(H2,10,11,12,13). The molecule has 14 heavy (non-hydrogen) atoms. The van der Waals surface area contributed by atoms with E-state index in [0.717, 1.165) is 17.0 Å². The first-order chi connectivity index (χ1) is 6.88. The van der Waals surface area contributed by atoms with Crippen molar-refractivity contribution in [3.05, 3.63) is 24.3 Å². The van der Waals surface area contributed by atoms with Crippen molar-refractivity contribution in [1.29, 1.82) is 0 Å². The van der Waals surface area contributed by atoms with Crippen LogP contribution in [0.3, 0.4) is 0 Å². The maximum absolute atomic E-state index is 4.36. The second-order valence-electron chi connectivity index (χ2n) is 3.06. The van der Waals surface area contributed by atoms with Gasteiger partial charge in [0.15, 0.2) is 0 Å². The molecule has 0 amide bonds. The summed E-state index contributed by atoms with van der Waals surface area (Å²) in [6.45, 7) is 0. The number of fused-ring (bicyclic) bond motifs is 3. The molecule has 0 radical (unpaired) electrons. The SMILES string of the molecule is CNc1nc2nc3ccccc3n2[nH]1. The second-order valence-corrected chi connectivity index (χ2v) is 3.06. The summed E-state index contributed by atoms with van der Waals surface area (Å²) < 4.78 is 1.86. The van der Waals surface area contributed by atoms with E-state index < -0.39 is 0 Å². The van der Waals surface area contributed by atoms with Gasteiger partial charge in [-0.15, -0.1) is 0 Å². The highest BCUT2D eigenvalue weighted by Gasteiger charge is 2.06. The molecule has 0 aliphatic heterocycles. The largest absolute Gasteiger partial charge is 0.358 e. The van der Waals surface area contributed by atoms with Gasteiger partial charge in [-0.1, -0.05) is 12.1 Å². The van der Waals surface area contributed by atoms with Crippen molar-refractivity contribution in [2.75, 3.05) is 12.4 Å². The Morgan fingerprint density at radius 3 is 3.00 bits per heavy atom. The lowest BCUT2D eigenvalue weighted by Crippen LogP contribution is -1.91. The fourth-order valence-corrected chi connectivity index (χ4v) is 1.54. The van der Waals surface area contributed by atoms with E-state index in [2.05, 4.69) is 20.4 Å². The number of benzene rings is 1. The highest BCUT2D eigenvalue weighted by Crippen LogP contribution is 2.15. The number of aromatic nitrogens is 4. The number of hydrogen-bond acceptors (Lipinski definition) is 3. The molecule has 3 aromatic rings. The van der Waals surface area contributed by atoms with Gasteiger partial charge >= 0.3 is 0 Å². The van der Waals surface area contributed by atoms with Gasteiger partial charge in [0, 0.05) is 7.05 Å². The molecule has 0 atom stereocenters. The number of H-pyrrole nitrogens is 1. The number of imidazole rings is 1. The molecule has 0 aliphatic carbocycles. The molecule has 5 nitrogen and oxygen atoms in total. The first kappa shape index (κ1) is 7.37. The fourth-order valence-electron chi connectivity index (χ4n) is 1.54. The highest BCUT2D eigenvalue weighted by atomic mass is 15.4. The number of rotatable bonds is 1. The lowest BCUT2D eigenvalue weighted by molar-refractivity contribution is 1.01. The first-order valence-electron chi connectivity index (χ1n) is 4.39. The topological polar surface area (TPSA) is 58.0 Å². The van der Waals surface area contributed by atoms with Gasteiger partial charge in [-0.05, 0) is 12.1 Å². The third-order valence-corrected chi connectivity index (χ3v) is 2.21. The van der Waals surface area contributed by atoms with Crippen LogP contribution in [0.2, 0.25) is 0 Å². The van der Waals surface area contributed by atoms with Crippen LogP contribution in [0.5, 0.6) is 0 Å². The lowest BCUT2D eigenvalue weighted by Gasteiger charge is -1.90. The van der Waals surface area contributed by atoms with Crippen molar-refractivity contribution in [2.45, 2.75) is 0 Å². The second kappa shape index (κ2) is 2.47. The highest BCUT2D eigenvalue weighted by molar-refractivity contribution is 5.79. The molecule has 2 heterocycles. The van der Waals surface area contributed by atoms with E-state index in [0.29, 0.717) is 5.78 Å². The number of aromatic amines is 1. The normalized spacial score (nSPS) is 11.2. The van der Waals surface area contributed by atoms with E-state index in [1.807, 2.05) is 35.8 Å². The minimum Gasteiger partial charge on any atom is -0.358 e. The lowest BCUT2D eigenvalue weighted by atomic mass is 10.3. The quantitative estimate of drug-likeness (QED) is 0.602. The first-order valence-corrected chi connectivity index (χ1v) is 4.39. The summed E-state index contributed by atoms with van der Waals surface area (Å²) in [6, 6.07) is 7.92. The molecule has 0 fully saturated rings. The average molecular weight is 187 g/mol. The van der Waals surface area contributed by atoms with E-state index in [1.165, 1.54) is 0 Å². The van der Waals surface area contributed by atoms with Gasteiger partial charge in [0.1, 0.15) is 0 Å². The van der Waals surface area contributed by atoms with Gasteiger partial charge in [0.05, 0.1) is 11.0 Å². The van der Waals surface area contributed by atoms with Gasteiger partial charge in [0.2, 0.25) is 5.95 Å². The molecular formula is C9H9N5. The van der Waals surface area contributed by atoms with Gasteiger partial charge in [-0.2, -0.15) is 4.98 Å². The molecule has 5 heteroatoms. The molecule has 0 unspecified atom stereocenters. The van der Waals surface area contributed by atoms with Gasteiger partial charge in [-0.3, -0.25) is 5.10 Å². The monoisotopic (exact) mass is 187 g/mol. The molecule has 0 bridgehead atoms. The number of nitrogens with one attached hydrogen (secondary N) is 2. The smallest absolute Gasteiger partial charge is 0.253 e. The Bertz CT molecular complexity index is 591. The van der Waals surface area contributed by atoms with Crippen molar-refractivity contribution in [2.24, 2.45) is 0 Å². The third kappa shape index (κ3) is 0.834. The zero-order valence-corrected chi connectivity index (χ0v) is 7.65. The van der Waals surface area contributed by atoms with E-state index >= 15 is 0 Å². The van der Waals surface area contributed by atoms with Crippen LogP contribution in [0.15, 0.2) is 24.3 Å². The zero-order chi connectivity index (χ0) is 9.54. The van der Waals surface area contributed by atoms with E-state index in [9.17, 15) is 0 Å². The Morgan fingerprint density at radius 1 is 1.29 bits per heavy atom. The maximum Gasteiger partial charge on any atom is 0.253 e. The van der Waals surface area contributed by atoms with Crippen molar-refractivity contribution < 1.29 is 0 Å². The third-order valence-electron chi connectivity index (χ3n) is 2.21. The van der Waals surface area contributed by atoms with Crippen LogP contribution in [-0.4, -0.2) is 26.6 Å². The Hall–Kier alpha value is -2.04. The van der Waals surface area contributed by atoms with Gasteiger partial charge in [-0.25, -0.2) is 9.50 Å². The van der Waals surface area contributed by atoms with Crippen molar-refractivity contribution in [3.8, 4) is 0 Å². The molecule has 2 N–H and O–H groups in total. The molecule has 2 aromatic heterocycles. The van der Waals surface area contributed by atoms with Crippen LogP contribution in [0.1, 0.15) is 0 Å². The number of anilines is 1. The molecular weight excluding hydrogens is 178 g/mol. The maximum atomic E-state index is 4.36. The predicted octanol–water partition coefficient (Wildman–Crippen LogP) is 1.25. The minimum atomic E-state index is 0.690. The number of nitrogens with zero attached hydrogens (tertiary/aromatic N) is 3. The van der Waals surface area contributed by atoms with E-state index in [-0.39, 0.29) is 0 Å². The van der Waals surface area contributed by atoms with Crippen LogP contribution < -0.4 is 5.32 Å². The fraction of sp³-hybridized carbons (Fsp3) is 0.111. The molecule has 1 aromatic carbocycles. The van der Waals surface area contributed by atoms with Crippen molar-refractivity contribution >= 4 is 22.8 Å². The van der Waals surface area contributed by atoms with Crippen molar-refractivity contribution in [3.63, 3.8) is 0 Å². The Balaban J connectivity index is 2.45.